The van der Waals surface area contributed by atoms with Crippen molar-refractivity contribution in [1.29, 1.82) is 0 Å². The van der Waals surface area contributed by atoms with Crippen LogP contribution in [0.2, 0.25) is 0 Å². The van der Waals surface area contributed by atoms with Gasteiger partial charge in [-0.3, -0.25) is 9.59 Å². The van der Waals surface area contributed by atoms with Crippen LogP contribution in [-0.2, 0) is 20.7 Å². The molecule has 7 nitrogen and oxygen atoms in total. The summed E-state index contributed by atoms with van der Waals surface area (Å²) in [6, 6.07) is 19.6. The number of ether oxygens (including phenoxy) is 2. The largest absolute Gasteiger partial charge is 0.497 e. The highest BCUT2D eigenvalue weighted by Gasteiger charge is 2.16. The first kappa shape index (κ1) is 24.5. The lowest BCUT2D eigenvalue weighted by molar-refractivity contribution is -0.119. The van der Waals surface area contributed by atoms with Gasteiger partial charge in [0.2, 0.25) is 5.91 Å². The van der Waals surface area contributed by atoms with E-state index in [1.165, 1.54) is 0 Å². The van der Waals surface area contributed by atoms with Crippen molar-refractivity contribution < 1.29 is 23.9 Å². The van der Waals surface area contributed by atoms with E-state index in [1.807, 2.05) is 50.2 Å². The number of benzene rings is 3. The van der Waals surface area contributed by atoms with Gasteiger partial charge in [0, 0.05) is 12.1 Å². The van der Waals surface area contributed by atoms with Crippen molar-refractivity contribution >= 4 is 29.2 Å². The molecule has 0 heterocycles. The lowest BCUT2D eigenvalue weighted by atomic mass is 10.1. The first-order valence-corrected chi connectivity index (χ1v) is 10.9. The molecule has 0 aliphatic heterocycles. The molecule has 3 rings (SSSR count). The molecular weight excluding hydrogens is 432 g/mol. The Labute approximate surface area is 199 Å². The van der Waals surface area contributed by atoms with E-state index < -0.39 is 18.5 Å². The summed E-state index contributed by atoms with van der Waals surface area (Å²) in [5.41, 5.74) is 4.18. The predicted octanol–water partition coefficient (Wildman–Crippen LogP) is 4.68. The van der Waals surface area contributed by atoms with Crippen molar-refractivity contribution in [1.82, 2.24) is 0 Å². The third kappa shape index (κ3) is 6.68. The molecule has 0 fully saturated rings. The molecule has 0 radical (unpaired) electrons. The average molecular weight is 461 g/mol. The molecule has 0 unspecified atom stereocenters. The molecule has 0 atom stereocenters. The van der Waals surface area contributed by atoms with Crippen molar-refractivity contribution in [2.24, 2.45) is 0 Å². The number of carbonyl (C=O) groups is 3. The standard InChI is InChI=1S/C27H28N2O5/c1-18-7-6-10-23(19(18)2)28-26(31)17-34-27(32)22-8-4-5-9-24(22)29-25(30)16-13-20-11-14-21(33-3)15-12-20/h4-12,14-15H,13,16-17H2,1-3H3,(H,28,31)(H,29,30). The Kier molecular flexibility index (Phi) is 8.40. The first-order valence-electron chi connectivity index (χ1n) is 10.9. The molecule has 0 aromatic heterocycles. The molecule has 7 heteroatoms. The van der Waals surface area contributed by atoms with Gasteiger partial charge < -0.3 is 20.1 Å². The van der Waals surface area contributed by atoms with E-state index in [4.69, 9.17) is 9.47 Å². The van der Waals surface area contributed by atoms with E-state index in [9.17, 15) is 14.4 Å². The molecule has 0 aliphatic carbocycles. The van der Waals surface area contributed by atoms with E-state index >= 15 is 0 Å². The second-order valence-corrected chi connectivity index (χ2v) is 7.81. The summed E-state index contributed by atoms with van der Waals surface area (Å²) in [4.78, 5) is 37.3. The van der Waals surface area contributed by atoms with Crippen LogP contribution in [0.3, 0.4) is 0 Å². The molecular formula is C27H28N2O5. The highest BCUT2D eigenvalue weighted by atomic mass is 16.5. The maximum Gasteiger partial charge on any atom is 0.340 e. The van der Waals surface area contributed by atoms with Gasteiger partial charge in [0.05, 0.1) is 18.4 Å². The molecule has 176 valence electrons. The topological polar surface area (TPSA) is 93.7 Å². The van der Waals surface area contributed by atoms with Crippen LogP contribution in [0.4, 0.5) is 11.4 Å². The number of anilines is 2. The summed E-state index contributed by atoms with van der Waals surface area (Å²) in [6.07, 6.45) is 0.787. The molecule has 2 N–H and O–H groups in total. The van der Waals surface area contributed by atoms with Gasteiger partial charge in [0.25, 0.3) is 5.91 Å². The molecule has 34 heavy (non-hydrogen) atoms. The Morgan fingerprint density at radius 2 is 1.47 bits per heavy atom. The van der Waals surface area contributed by atoms with E-state index in [0.717, 1.165) is 22.4 Å². The molecule has 3 aromatic carbocycles. The van der Waals surface area contributed by atoms with Crippen molar-refractivity contribution in [2.45, 2.75) is 26.7 Å². The number of aryl methyl sites for hydroxylation is 2. The molecule has 0 bridgehead atoms. The fourth-order valence-corrected chi connectivity index (χ4v) is 3.31. The summed E-state index contributed by atoms with van der Waals surface area (Å²) in [5, 5.41) is 5.51. The van der Waals surface area contributed by atoms with Crippen molar-refractivity contribution in [3.05, 3.63) is 89.0 Å². The van der Waals surface area contributed by atoms with Crippen LogP contribution in [0.15, 0.2) is 66.7 Å². The zero-order chi connectivity index (χ0) is 24.5. The normalized spacial score (nSPS) is 10.3. The maximum absolute atomic E-state index is 12.6. The smallest absolute Gasteiger partial charge is 0.340 e. The molecule has 0 spiro atoms. The van der Waals surface area contributed by atoms with E-state index in [0.29, 0.717) is 17.8 Å². The number of para-hydroxylation sites is 1. The van der Waals surface area contributed by atoms with Crippen LogP contribution in [0.25, 0.3) is 0 Å². The minimum atomic E-state index is -0.692. The minimum Gasteiger partial charge on any atom is -0.497 e. The van der Waals surface area contributed by atoms with Gasteiger partial charge in [0.15, 0.2) is 6.61 Å². The van der Waals surface area contributed by atoms with Crippen LogP contribution < -0.4 is 15.4 Å². The van der Waals surface area contributed by atoms with E-state index in [-0.39, 0.29) is 17.9 Å². The van der Waals surface area contributed by atoms with Crippen molar-refractivity contribution in [3.8, 4) is 5.75 Å². The summed E-state index contributed by atoms with van der Waals surface area (Å²) < 4.78 is 10.3. The monoisotopic (exact) mass is 460 g/mol. The van der Waals surface area contributed by atoms with Crippen LogP contribution in [0.5, 0.6) is 5.75 Å². The van der Waals surface area contributed by atoms with Gasteiger partial charge in [0.1, 0.15) is 5.75 Å². The fourth-order valence-electron chi connectivity index (χ4n) is 3.31. The van der Waals surface area contributed by atoms with Crippen LogP contribution in [-0.4, -0.2) is 31.5 Å². The Hall–Kier alpha value is -4.13. The SMILES string of the molecule is COc1ccc(CCC(=O)Nc2ccccc2C(=O)OCC(=O)Nc2cccc(C)c2C)cc1. The van der Waals surface area contributed by atoms with Gasteiger partial charge in [-0.05, 0) is 67.3 Å². The number of methoxy groups -OCH3 is 1. The van der Waals surface area contributed by atoms with E-state index in [1.54, 1.807) is 37.4 Å². The molecule has 0 saturated carbocycles. The second-order valence-electron chi connectivity index (χ2n) is 7.81. The number of amides is 2. The highest BCUT2D eigenvalue weighted by Crippen LogP contribution is 2.19. The number of nitrogens with one attached hydrogen (secondary N) is 2. The molecule has 3 aromatic rings. The number of rotatable bonds is 9. The van der Waals surface area contributed by atoms with Gasteiger partial charge in [-0.15, -0.1) is 0 Å². The third-order valence-corrected chi connectivity index (χ3v) is 5.43. The fraction of sp³-hybridized carbons (Fsp3) is 0.222. The Bertz CT molecular complexity index is 1170. The van der Waals surface area contributed by atoms with Crippen LogP contribution in [0, 0.1) is 13.8 Å². The first-order chi connectivity index (χ1) is 16.4. The summed E-state index contributed by atoms with van der Waals surface area (Å²) in [7, 11) is 1.60. The zero-order valence-corrected chi connectivity index (χ0v) is 19.5. The molecule has 0 aliphatic rings. The summed E-state index contributed by atoms with van der Waals surface area (Å²) in [6.45, 7) is 3.42. The average Bonchev–Trinajstić information content (AvgIpc) is 2.84. The Balaban J connectivity index is 1.54. The molecule has 2 amide bonds. The van der Waals surface area contributed by atoms with Crippen molar-refractivity contribution in [3.63, 3.8) is 0 Å². The van der Waals surface area contributed by atoms with Crippen molar-refractivity contribution in [2.75, 3.05) is 24.4 Å². The maximum atomic E-state index is 12.6. The summed E-state index contributed by atoms with van der Waals surface area (Å²) >= 11 is 0. The van der Waals surface area contributed by atoms with E-state index in [2.05, 4.69) is 10.6 Å². The number of hydrogen-bond donors (Lipinski definition) is 2. The van der Waals surface area contributed by atoms with Crippen LogP contribution >= 0.6 is 0 Å². The second kappa shape index (κ2) is 11.7. The predicted molar refractivity (Wildman–Crippen MR) is 131 cm³/mol. The summed E-state index contributed by atoms with van der Waals surface area (Å²) in [5.74, 6) is -0.614. The minimum absolute atomic E-state index is 0.180. The molecule has 0 saturated heterocycles. The van der Waals surface area contributed by atoms with Gasteiger partial charge in [-0.1, -0.05) is 36.4 Å². The highest BCUT2D eigenvalue weighted by molar-refractivity contribution is 6.02. The Morgan fingerprint density at radius 1 is 0.794 bits per heavy atom. The number of hydrogen-bond acceptors (Lipinski definition) is 5. The van der Waals surface area contributed by atoms with Gasteiger partial charge in [-0.25, -0.2) is 4.79 Å². The lowest BCUT2D eigenvalue weighted by Crippen LogP contribution is -2.22. The Morgan fingerprint density at radius 3 is 2.21 bits per heavy atom. The van der Waals surface area contributed by atoms with Gasteiger partial charge in [-0.2, -0.15) is 0 Å². The number of carbonyl (C=O) groups excluding carboxylic acids is 3. The number of esters is 1. The van der Waals surface area contributed by atoms with Crippen LogP contribution in [0.1, 0.15) is 33.5 Å². The quantitative estimate of drug-likeness (QED) is 0.452. The van der Waals surface area contributed by atoms with Gasteiger partial charge >= 0.3 is 5.97 Å². The zero-order valence-electron chi connectivity index (χ0n) is 19.5. The lowest BCUT2D eigenvalue weighted by Gasteiger charge is -2.12. The third-order valence-electron chi connectivity index (χ3n) is 5.43.